The number of benzene rings is 3. The van der Waals surface area contributed by atoms with Gasteiger partial charge in [-0.05, 0) is 42.7 Å². The van der Waals surface area contributed by atoms with Crippen molar-refractivity contribution >= 4 is 33.2 Å². The van der Waals surface area contributed by atoms with E-state index in [1.807, 2.05) is 30.3 Å². The van der Waals surface area contributed by atoms with Crippen LogP contribution in [0.4, 0.5) is 11.4 Å². The maximum absolute atomic E-state index is 13.4. The van der Waals surface area contributed by atoms with Crippen LogP contribution in [0.2, 0.25) is 0 Å². The number of amides is 2. The first-order chi connectivity index (χ1) is 17.3. The van der Waals surface area contributed by atoms with Crippen molar-refractivity contribution in [2.75, 3.05) is 29.0 Å². The zero-order valence-corrected chi connectivity index (χ0v) is 20.8. The second-order valence-corrected chi connectivity index (χ2v) is 10.5. The minimum atomic E-state index is -3.70. The van der Waals surface area contributed by atoms with Crippen LogP contribution in [0.15, 0.2) is 78.9 Å². The number of anilines is 2. The van der Waals surface area contributed by atoms with Crippen molar-refractivity contribution in [1.29, 1.82) is 0 Å². The molecule has 188 valence electrons. The number of sulfonamides is 1. The monoisotopic (exact) mass is 507 g/mol. The Kier molecular flexibility index (Phi) is 8.02. The number of carbonyl (C=O) groups is 2. The minimum Gasteiger partial charge on any atom is -0.376 e. The molecule has 1 aliphatic heterocycles. The summed E-state index contributed by atoms with van der Waals surface area (Å²) in [6.07, 6.45) is 2.98. The van der Waals surface area contributed by atoms with E-state index >= 15 is 0 Å². The highest BCUT2D eigenvalue weighted by atomic mass is 32.2. The van der Waals surface area contributed by atoms with E-state index in [0.717, 1.165) is 24.7 Å². The van der Waals surface area contributed by atoms with E-state index < -0.39 is 15.9 Å². The van der Waals surface area contributed by atoms with E-state index in [9.17, 15) is 18.0 Å². The Morgan fingerprint density at radius 1 is 0.917 bits per heavy atom. The average molecular weight is 508 g/mol. The van der Waals surface area contributed by atoms with Crippen LogP contribution in [0, 0.1) is 0 Å². The lowest BCUT2D eigenvalue weighted by molar-refractivity contribution is 0.0858. The number of hydrogen-bond donors (Lipinski definition) is 2. The number of carbonyl (C=O) groups excluding carboxylic acids is 2. The van der Waals surface area contributed by atoms with Gasteiger partial charge in [-0.1, -0.05) is 54.6 Å². The first kappa shape index (κ1) is 25.4. The topological polar surface area (TPSA) is 105 Å². The van der Waals surface area contributed by atoms with Crippen molar-refractivity contribution in [2.45, 2.75) is 25.5 Å². The molecule has 0 aromatic heterocycles. The first-order valence-corrected chi connectivity index (χ1v) is 13.6. The minimum absolute atomic E-state index is 0.00540. The van der Waals surface area contributed by atoms with Crippen molar-refractivity contribution in [2.24, 2.45) is 0 Å². The molecule has 0 radical (unpaired) electrons. The third-order valence-electron chi connectivity index (χ3n) is 5.92. The Hall–Kier alpha value is -3.69. The van der Waals surface area contributed by atoms with Gasteiger partial charge >= 0.3 is 0 Å². The lowest BCUT2D eigenvalue weighted by Crippen LogP contribution is -2.33. The molecule has 0 bridgehead atoms. The molecule has 3 aromatic rings. The van der Waals surface area contributed by atoms with Gasteiger partial charge in [-0.2, -0.15) is 0 Å². The van der Waals surface area contributed by atoms with Crippen molar-refractivity contribution < 1.29 is 22.7 Å². The Balaban J connectivity index is 1.57. The third kappa shape index (κ3) is 6.30. The molecule has 8 nitrogen and oxygen atoms in total. The molecule has 1 atom stereocenters. The second kappa shape index (κ2) is 11.4. The lowest BCUT2D eigenvalue weighted by atomic mass is 10.1. The molecule has 0 spiro atoms. The van der Waals surface area contributed by atoms with E-state index in [4.69, 9.17) is 4.74 Å². The van der Waals surface area contributed by atoms with Gasteiger partial charge in [0, 0.05) is 13.2 Å². The molecule has 0 saturated carbocycles. The SMILES string of the molecule is CS(=O)(=O)N(Cc1ccccc1)c1ccccc1C(=O)Nc1ccccc1C(=O)NC[C@H]1CCCO1. The van der Waals surface area contributed by atoms with Crippen molar-refractivity contribution in [3.8, 4) is 0 Å². The molecule has 1 heterocycles. The fourth-order valence-corrected chi connectivity index (χ4v) is 5.00. The smallest absolute Gasteiger partial charge is 0.257 e. The number of hydrogen-bond acceptors (Lipinski definition) is 5. The molecule has 0 unspecified atom stereocenters. The first-order valence-electron chi connectivity index (χ1n) is 11.7. The summed E-state index contributed by atoms with van der Waals surface area (Å²) >= 11 is 0. The summed E-state index contributed by atoms with van der Waals surface area (Å²) in [4.78, 5) is 26.2. The van der Waals surface area contributed by atoms with E-state index in [1.54, 1.807) is 48.5 Å². The van der Waals surface area contributed by atoms with Gasteiger partial charge in [0.25, 0.3) is 11.8 Å². The van der Waals surface area contributed by atoms with E-state index in [2.05, 4.69) is 10.6 Å². The Labute approximate surface area is 211 Å². The highest BCUT2D eigenvalue weighted by molar-refractivity contribution is 7.92. The van der Waals surface area contributed by atoms with E-state index in [-0.39, 0.29) is 29.8 Å². The fourth-order valence-electron chi connectivity index (χ4n) is 4.10. The maximum Gasteiger partial charge on any atom is 0.257 e. The van der Waals surface area contributed by atoms with E-state index in [0.29, 0.717) is 24.4 Å². The maximum atomic E-state index is 13.4. The molecule has 1 fully saturated rings. The largest absolute Gasteiger partial charge is 0.376 e. The van der Waals surface area contributed by atoms with Crippen molar-refractivity contribution in [3.05, 3.63) is 95.6 Å². The van der Waals surface area contributed by atoms with Gasteiger partial charge in [-0.3, -0.25) is 13.9 Å². The van der Waals surface area contributed by atoms with Gasteiger partial charge in [-0.15, -0.1) is 0 Å². The van der Waals surface area contributed by atoms with Crippen molar-refractivity contribution in [1.82, 2.24) is 5.32 Å². The second-order valence-electron chi connectivity index (χ2n) is 8.62. The van der Waals surface area contributed by atoms with Gasteiger partial charge in [-0.25, -0.2) is 8.42 Å². The number of rotatable bonds is 9. The summed E-state index contributed by atoms with van der Waals surface area (Å²) in [5, 5.41) is 5.66. The number of nitrogens with one attached hydrogen (secondary N) is 2. The van der Waals surface area contributed by atoms with Gasteiger partial charge in [0.1, 0.15) is 0 Å². The predicted octanol–water partition coefficient (Wildman–Crippen LogP) is 3.81. The van der Waals surface area contributed by atoms with Crippen LogP contribution in [0.5, 0.6) is 0 Å². The van der Waals surface area contributed by atoms with Crippen LogP contribution in [0.25, 0.3) is 0 Å². The molecule has 0 aliphatic carbocycles. The summed E-state index contributed by atoms with van der Waals surface area (Å²) in [6.45, 7) is 1.17. The molecule has 1 saturated heterocycles. The van der Waals surface area contributed by atoms with Crippen LogP contribution in [-0.2, 0) is 21.3 Å². The molecular weight excluding hydrogens is 478 g/mol. The predicted molar refractivity (Wildman–Crippen MR) is 140 cm³/mol. The molecule has 36 heavy (non-hydrogen) atoms. The van der Waals surface area contributed by atoms with Gasteiger partial charge in [0.05, 0.1) is 41.4 Å². The summed E-state index contributed by atoms with van der Waals surface area (Å²) in [5.74, 6) is -0.844. The highest BCUT2D eigenvalue weighted by Crippen LogP contribution is 2.27. The number of para-hydroxylation sites is 2. The quantitative estimate of drug-likeness (QED) is 0.458. The van der Waals surface area contributed by atoms with Gasteiger partial charge < -0.3 is 15.4 Å². The van der Waals surface area contributed by atoms with Gasteiger partial charge in [0.2, 0.25) is 10.0 Å². The van der Waals surface area contributed by atoms with Crippen LogP contribution in [-0.4, -0.2) is 45.7 Å². The van der Waals surface area contributed by atoms with Crippen LogP contribution in [0.1, 0.15) is 39.1 Å². The van der Waals surface area contributed by atoms with Crippen LogP contribution in [0.3, 0.4) is 0 Å². The standard InChI is InChI=1S/C27H29N3O5S/c1-36(33,34)30(19-20-10-3-2-4-11-20)25-16-8-6-14-23(25)27(32)29-24-15-7-5-13-22(24)26(31)28-18-21-12-9-17-35-21/h2-8,10-11,13-16,21H,9,12,17-19H2,1H3,(H,28,31)(H,29,32)/t21-/m1/s1. The summed E-state index contributed by atoms with van der Waals surface area (Å²) < 4.78 is 32.2. The summed E-state index contributed by atoms with van der Waals surface area (Å²) in [7, 11) is -3.70. The molecule has 9 heteroatoms. The number of nitrogens with zero attached hydrogens (tertiary/aromatic N) is 1. The zero-order valence-electron chi connectivity index (χ0n) is 20.0. The summed E-state index contributed by atoms with van der Waals surface area (Å²) in [6, 6.07) is 22.4. The molecule has 3 aromatic carbocycles. The van der Waals surface area contributed by atoms with Gasteiger partial charge in [0.15, 0.2) is 0 Å². The summed E-state index contributed by atoms with van der Waals surface area (Å²) in [5.41, 5.74) is 1.85. The van der Waals surface area contributed by atoms with Crippen LogP contribution >= 0.6 is 0 Å². The Morgan fingerprint density at radius 2 is 1.58 bits per heavy atom. The molecule has 2 N–H and O–H groups in total. The average Bonchev–Trinajstić information content (AvgIpc) is 3.40. The number of ether oxygens (including phenoxy) is 1. The lowest BCUT2D eigenvalue weighted by Gasteiger charge is -2.25. The molecular formula is C27H29N3O5S. The molecule has 1 aliphatic rings. The molecule has 4 rings (SSSR count). The van der Waals surface area contributed by atoms with E-state index in [1.165, 1.54) is 4.31 Å². The fraction of sp³-hybridized carbons (Fsp3) is 0.259. The van der Waals surface area contributed by atoms with Crippen molar-refractivity contribution in [3.63, 3.8) is 0 Å². The highest BCUT2D eigenvalue weighted by Gasteiger charge is 2.24. The normalized spacial score (nSPS) is 15.3. The van der Waals surface area contributed by atoms with Crippen LogP contribution < -0.4 is 14.9 Å². The molecule has 2 amide bonds. The Morgan fingerprint density at radius 3 is 2.28 bits per heavy atom. The zero-order chi connectivity index (χ0) is 25.5. The third-order valence-corrected chi connectivity index (χ3v) is 7.05. The Bertz CT molecular complexity index is 1320.